The Morgan fingerprint density at radius 1 is 0.967 bits per heavy atom. The molecule has 5 rings (SSSR count). The molecule has 2 bridgehead atoms. The Bertz CT molecular complexity index is 1050. The Hall–Kier alpha value is -3.18. The van der Waals surface area contributed by atoms with Crippen molar-refractivity contribution >= 4 is 11.7 Å². The molecule has 0 saturated carbocycles. The highest BCUT2D eigenvalue weighted by atomic mass is 19.1. The van der Waals surface area contributed by atoms with Crippen molar-refractivity contribution in [3.63, 3.8) is 0 Å². The second kappa shape index (κ2) is 7.58. The van der Waals surface area contributed by atoms with Gasteiger partial charge in [0.15, 0.2) is 0 Å². The predicted molar refractivity (Wildman–Crippen MR) is 117 cm³/mol. The predicted octanol–water partition coefficient (Wildman–Crippen LogP) is 4.77. The third-order valence-electron chi connectivity index (χ3n) is 6.33. The minimum absolute atomic E-state index is 0.119. The van der Waals surface area contributed by atoms with Crippen molar-refractivity contribution in [1.82, 2.24) is 10.2 Å². The summed E-state index contributed by atoms with van der Waals surface area (Å²) in [6.45, 7) is 3.68. The summed E-state index contributed by atoms with van der Waals surface area (Å²) in [6.07, 6.45) is 0. The Balaban J connectivity index is 1.32. The smallest absolute Gasteiger partial charge is 0.315 e. The lowest BCUT2D eigenvalue weighted by Gasteiger charge is -2.59. The first-order chi connectivity index (χ1) is 14.6. The molecule has 0 aromatic heterocycles. The van der Waals surface area contributed by atoms with E-state index in [4.69, 9.17) is 0 Å². The van der Waals surface area contributed by atoms with Crippen molar-refractivity contribution in [1.29, 1.82) is 0 Å². The minimum Gasteiger partial charge on any atom is -0.315 e. The number of amides is 2. The molecule has 3 atom stereocenters. The fraction of sp³-hybridized carbons (Fsp3) is 0.240. The van der Waals surface area contributed by atoms with E-state index in [0.29, 0.717) is 11.6 Å². The van der Waals surface area contributed by atoms with E-state index in [9.17, 15) is 9.18 Å². The van der Waals surface area contributed by atoms with Gasteiger partial charge in [-0.05, 0) is 53.4 Å². The van der Waals surface area contributed by atoms with Gasteiger partial charge in [-0.1, -0.05) is 48.5 Å². The number of piperazine rings is 1. The number of piperidine rings is 1. The first-order valence-electron chi connectivity index (χ1n) is 10.3. The Kier molecular flexibility index (Phi) is 4.75. The fourth-order valence-corrected chi connectivity index (χ4v) is 4.83. The summed E-state index contributed by atoms with van der Waals surface area (Å²) >= 11 is 0. The number of benzene rings is 3. The number of halogens is 1. The molecule has 1 unspecified atom stereocenters. The van der Waals surface area contributed by atoms with Crippen molar-refractivity contribution in [2.24, 2.45) is 0 Å². The molecule has 4 nitrogen and oxygen atoms in total. The minimum atomic E-state index is -0.313. The van der Waals surface area contributed by atoms with Crippen LogP contribution in [0, 0.1) is 12.7 Å². The van der Waals surface area contributed by atoms with Gasteiger partial charge in [0, 0.05) is 24.7 Å². The van der Waals surface area contributed by atoms with Gasteiger partial charge >= 0.3 is 6.03 Å². The molecule has 5 heteroatoms. The largest absolute Gasteiger partial charge is 0.322 e. The Morgan fingerprint density at radius 3 is 2.30 bits per heavy atom. The van der Waals surface area contributed by atoms with Crippen LogP contribution in [0.5, 0.6) is 0 Å². The molecule has 30 heavy (non-hydrogen) atoms. The van der Waals surface area contributed by atoms with Gasteiger partial charge in [-0.15, -0.1) is 0 Å². The zero-order valence-electron chi connectivity index (χ0n) is 16.8. The summed E-state index contributed by atoms with van der Waals surface area (Å²) in [6, 6.07) is 23.2. The van der Waals surface area contributed by atoms with Crippen LogP contribution in [-0.2, 0) is 0 Å². The van der Waals surface area contributed by atoms with E-state index in [0.717, 1.165) is 13.1 Å². The number of carbonyl (C=O) groups excluding carboxylic acids is 1. The number of carbonyl (C=O) groups is 1. The molecule has 2 aliphatic rings. The third kappa shape index (κ3) is 3.25. The highest BCUT2D eigenvalue weighted by Gasteiger charge is 2.53. The summed E-state index contributed by atoms with van der Waals surface area (Å²) < 4.78 is 13.1. The molecule has 0 radical (unpaired) electrons. The van der Waals surface area contributed by atoms with Gasteiger partial charge in [0.2, 0.25) is 0 Å². The van der Waals surface area contributed by atoms with E-state index in [1.165, 1.54) is 34.4 Å². The monoisotopic (exact) mass is 401 g/mol. The van der Waals surface area contributed by atoms with Gasteiger partial charge in [0.25, 0.3) is 0 Å². The van der Waals surface area contributed by atoms with Gasteiger partial charge in [-0.3, -0.25) is 0 Å². The molecule has 3 aromatic carbocycles. The summed E-state index contributed by atoms with van der Waals surface area (Å²) in [5, 5.41) is 6.31. The number of nitrogens with zero attached hydrogens (tertiary/aromatic N) is 1. The number of nitrogens with one attached hydrogen (secondary N) is 2. The zero-order chi connectivity index (χ0) is 20.7. The fourth-order valence-electron chi connectivity index (χ4n) is 4.83. The van der Waals surface area contributed by atoms with Gasteiger partial charge < -0.3 is 15.5 Å². The molecular weight excluding hydrogens is 377 g/mol. The summed E-state index contributed by atoms with van der Waals surface area (Å²) in [4.78, 5) is 14.8. The molecule has 2 N–H and O–H groups in total. The normalized spacial score (nSPS) is 22.3. The lowest BCUT2D eigenvalue weighted by Crippen LogP contribution is -2.74. The maximum absolute atomic E-state index is 13.1. The third-order valence-corrected chi connectivity index (χ3v) is 6.33. The number of aryl methyl sites for hydroxylation is 1. The van der Waals surface area contributed by atoms with Gasteiger partial charge in [-0.25, -0.2) is 9.18 Å². The molecule has 2 heterocycles. The van der Waals surface area contributed by atoms with Gasteiger partial charge in [0.05, 0.1) is 12.1 Å². The van der Waals surface area contributed by atoms with Crippen molar-refractivity contribution < 1.29 is 9.18 Å². The topological polar surface area (TPSA) is 44.4 Å². The molecule has 0 aliphatic carbocycles. The van der Waals surface area contributed by atoms with Crippen LogP contribution in [0.1, 0.15) is 17.0 Å². The average molecular weight is 401 g/mol. The number of urea groups is 1. The summed E-state index contributed by atoms with van der Waals surface area (Å²) in [5.41, 5.74) is 5.61. The van der Waals surface area contributed by atoms with E-state index in [1.807, 2.05) is 4.90 Å². The number of hydrogen-bond acceptors (Lipinski definition) is 2. The van der Waals surface area contributed by atoms with Crippen LogP contribution >= 0.6 is 0 Å². The van der Waals surface area contributed by atoms with Crippen LogP contribution in [0.25, 0.3) is 11.1 Å². The van der Waals surface area contributed by atoms with Crippen LogP contribution in [0.4, 0.5) is 14.9 Å². The lowest BCUT2D eigenvalue weighted by atomic mass is 9.72. The molecule has 2 fully saturated rings. The summed E-state index contributed by atoms with van der Waals surface area (Å²) in [7, 11) is 0. The number of rotatable bonds is 3. The second-order valence-electron chi connectivity index (χ2n) is 8.10. The van der Waals surface area contributed by atoms with Crippen LogP contribution in [-0.4, -0.2) is 36.1 Å². The highest BCUT2D eigenvalue weighted by molar-refractivity contribution is 5.91. The van der Waals surface area contributed by atoms with Crippen molar-refractivity contribution in [2.75, 3.05) is 18.4 Å². The van der Waals surface area contributed by atoms with Crippen molar-refractivity contribution in [3.8, 4) is 11.1 Å². The number of likely N-dealkylation sites (tertiary alicyclic amines) is 1. The second-order valence-corrected chi connectivity index (χ2v) is 8.10. The average Bonchev–Trinajstić information content (AvgIpc) is 2.77. The van der Waals surface area contributed by atoms with Crippen molar-refractivity contribution in [2.45, 2.75) is 24.9 Å². The van der Waals surface area contributed by atoms with Crippen LogP contribution in [0.2, 0.25) is 0 Å². The van der Waals surface area contributed by atoms with E-state index < -0.39 is 0 Å². The highest BCUT2D eigenvalue weighted by Crippen LogP contribution is 2.43. The standard InChI is InChI=1S/C25H24FN3O/c1-16-4-2-3-5-21(16)17-6-8-18(9-7-17)24-22-14-27-15-23(24)29(22)25(30)28-20-12-10-19(26)11-13-20/h2-13,22-24,27H,14-15H2,1H3,(H,28,30)/t22-,23+,24?. The van der Waals surface area contributed by atoms with E-state index in [-0.39, 0.29) is 23.9 Å². The SMILES string of the molecule is Cc1ccccc1-c1ccc(C2[C@H]3CNC[C@@H]2N3C(=O)Nc2ccc(F)cc2)cc1. The van der Waals surface area contributed by atoms with Gasteiger partial charge in [0.1, 0.15) is 5.82 Å². The molecule has 2 amide bonds. The van der Waals surface area contributed by atoms with Crippen molar-refractivity contribution in [3.05, 3.63) is 89.7 Å². The first-order valence-corrected chi connectivity index (χ1v) is 10.3. The van der Waals surface area contributed by atoms with E-state index >= 15 is 0 Å². The van der Waals surface area contributed by atoms with Crippen LogP contribution in [0.3, 0.4) is 0 Å². The quantitative estimate of drug-likeness (QED) is 0.664. The first kappa shape index (κ1) is 18.8. The summed E-state index contributed by atoms with van der Waals surface area (Å²) in [5.74, 6) is 0.0170. The van der Waals surface area contributed by atoms with E-state index in [2.05, 4.69) is 66.1 Å². The maximum atomic E-state index is 13.1. The zero-order valence-corrected chi connectivity index (χ0v) is 16.8. The van der Waals surface area contributed by atoms with Crippen LogP contribution in [0.15, 0.2) is 72.8 Å². The maximum Gasteiger partial charge on any atom is 0.322 e. The van der Waals surface area contributed by atoms with Crippen LogP contribution < -0.4 is 10.6 Å². The number of fused-ring (bicyclic) bond motifs is 2. The molecule has 3 aromatic rings. The molecular formula is C25H24FN3O. The number of anilines is 1. The Labute approximate surface area is 175 Å². The number of hydrogen-bond donors (Lipinski definition) is 2. The van der Waals surface area contributed by atoms with E-state index in [1.54, 1.807) is 12.1 Å². The lowest BCUT2D eigenvalue weighted by molar-refractivity contribution is 0.00202. The molecule has 2 saturated heterocycles. The molecule has 152 valence electrons. The van der Waals surface area contributed by atoms with Gasteiger partial charge in [-0.2, -0.15) is 0 Å². The Morgan fingerprint density at radius 2 is 1.63 bits per heavy atom. The molecule has 0 spiro atoms. The molecule has 2 aliphatic heterocycles.